The first-order valence-electron chi connectivity index (χ1n) is 5.70. The van der Waals surface area contributed by atoms with Gasteiger partial charge in [0.1, 0.15) is 11.5 Å². The lowest BCUT2D eigenvalue weighted by Gasteiger charge is -2.16. The minimum atomic E-state index is -0.210. The Bertz CT molecular complexity index is 610. The van der Waals surface area contributed by atoms with Crippen molar-refractivity contribution in [3.05, 3.63) is 46.3 Å². The van der Waals surface area contributed by atoms with Gasteiger partial charge in [-0.05, 0) is 25.1 Å². The van der Waals surface area contributed by atoms with E-state index in [4.69, 9.17) is 21.9 Å². The van der Waals surface area contributed by atoms with Crippen molar-refractivity contribution in [2.75, 3.05) is 12.8 Å². The van der Waals surface area contributed by atoms with Crippen LogP contribution in [0.3, 0.4) is 0 Å². The Hall–Kier alpha value is -2.01. The van der Waals surface area contributed by atoms with Gasteiger partial charge in [0.05, 0.1) is 17.1 Å². The summed E-state index contributed by atoms with van der Waals surface area (Å²) in [4.78, 5) is 13.8. The number of hydrogen-bond donors (Lipinski definition) is 1. The maximum Gasteiger partial charge on any atom is 0.255 e. The molecule has 1 aromatic carbocycles. The molecule has 5 nitrogen and oxygen atoms in total. The van der Waals surface area contributed by atoms with Crippen molar-refractivity contribution >= 4 is 23.2 Å². The molecule has 0 fully saturated rings. The monoisotopic (exact) mass is 279 g/mol. The minimum Gasteiger partial charge on any atom is -0.399 e. The van der Waals surface area contributed by atoms with Crippen LogP contribution in [0.25, 0.3) is 0 Å². The van der Waals surface area contributed by atoms with Gasteiger partial charge in [-0.2, -0.15) is 0 Å². The molecule has 19 heavy (non-hydrogen) atoms. The number of amides is 1. The van der Waals surface area contributed by atoms with Crippen molar-refractivity contribution in [3.63, 3.8) is 0 Å². The van der Waals surface area contributed by atoms with Crippen LogP contribution in [0.1, 0.15) is 21.8 Å². The molecule has 1 aromatic heterocycles. The average Bonchev–Trinajstić information content (AvgIpc) is 2.77. The maximum atomic E-state index is 12.3. The molecule has 6 heteroatoms. The van der Waals surface area contributed by atoms with E-state index in [0.717, 1.165) is 0 Å². The Morgan fingerprint density at radius 2 is 2.21 bits per heavy atom. The van der Waals surface area contributed by atoms with Crippen LogP contribution in [-0.4, -0.2) is 23.0 Å². The Labute approximate surface area is 115 Å². The van der Waals surface area contributed by atoms with Gasteiger partial charge in [-0.15, -0.1) is 0 Å². The smallest absolute Gasteiger partial charge is 0.255 e. The topological polar surface area (TPSA) is 72.4 Å². The van der Waals surface area contributed by atoms with E-state index in [-0.39, 0.29) is 5.91 Å². The van der Waals surface area contributed by atoms with Gasteiger partial charge < -0.3 is 15.2 Å². The van der Waals surface area contributed by atoms with Crippen molar-refractivity contribution in [1.82, 2.24) is 10.1 Å². The normalized spacial score (nSPS) is 10.5. The lowest BCUT2D eigenvalue weighted by molar-refractivity contribution is 0.0782. The van der Waals surface area contributed by atoms with Crippen LogP contribution < -0.4 is 5.73 Å². The molecule has 0 aliphatic rings. The van der Waals surface area contributed by atoms with Gasteiger partial charge in [0.25, 0.3) is 5.91 Å². The van der Waals surface area contributed by atoms with Crippen LogP contribution in [0.5, 0.6) is 0 Å². The number of nitrogen functional groups attached to an aromatic ring is 1. The highest BCUT2D eigenvalue weighted by molar-refractivity contribution is 6.33. The number of rotatable bonds is 3. The van der Waals surface area contributed by atoms with Gasteiger partial charge in [-0.1, -0.05) is 16.8 Å². The fourth-order valence-electron chi connectivity index (χ4n) is 1.72. The van der Waals surface area contributed by atoms with Crippen LogP contribution in [0, 0.1) is 6.92 Å². The molecule has 0 spiro atoms. The van der Waals surface area contributed by atoms with Crippen LogP contribution in [-0.2, 0) is 6.54 Å². The summed E-state index contributed by atoms with van der Waals surface area (Å²) in [6.07, 6.45) is 0. The van der Waals surface area contributed by atoms with Gasteiger partial charge in [-0.25, -0.2) is 0 Å². The molecule has 1 heterocycles. The second-order valence-corrected chi connectivity index (χ2v) is 4.74. The van der Waals surface area contributed by atoms with Gasteiger partial charge in [0.15, 0.2) is 0 Å². The third-order valence-electron chi connectivity index (χ3n) is 2.64. The van der Waals surface area contributed by atoms with Crippen molar-refractivity contribution in [1.29, 1.82) is 0 Å². The van der Waals surface area contributed by atoms with Crippen molar-refractivity contribution in [2.24, 2.45) is 0 Å². The number of carbonyl (C=O) groups is 1. The molecule has 2 rings (SSSR count). The predicted octanol–water partition coefficient (Wildman–Crippen LogP) is 2.49. The molecule has 0 bridgehead atoms. The summed E-state index contributed by atoms with van der Waals surface area (Å²) in [6.45, 7) is 2.15. The minimum absolute atomic E-state index is 0.210. The van der Waals surface area contributed by atoms with Crippen LogP contribution in [0.2, 0.25) is 5.02 Å². The largest absolute Gasteiger partial charge is 0.399 e. The number of benzene rings is 1. The number of nitrogens with zero attached hydrogens (tertiary/aromatic N) is 2. The van der Waals surface area contributed by atoms with E-state index < -0.39 is 0 Å². The summed E-state index contributed by atoms with van der Waals surface area (Å²) in [6, 6.07) is 6.61. The van der Waals surface area contributed by atoms with Gasteiger partial charge in [0, 0.05) is 18.8 Å². The number of halogens is 1. The molecule has 1 amide bonds. The summed E-state index contributed by atoms with van der Waals surface area (Å²) in [7, 11) is 1.67. The standard InChI is InChI=1S/C13H14ClN3O2/c1-8-5-10(16-19-8)7-17(2)13(18)11-6-9(15)3-4-12(11)14/h3-6H,7,15H2,1-2H3. The highest BCUT2D eigenvalue weighted by Gasteiger charge is 2.16. The zero-order chi connectivity index (χ0) is 14.0. The summed E-state index contributed by atoms with van der Waals surface area (Å²) in [5.41, 5.74) is 7.23. The zero-order valence-corrected chi connectivity index (χ0v) is 11.4. The Morgan fingerprint density at radius 3 is 2.84 bits per heavy atom. The van der Waals surface area contributed by atoms with Crippen molar-refractivity contribution < 1.29 is 9.32 Å². The molecule has 2 N–H and O–H groups in total. The van der Waals surface area contributed by atoms with E-state index in [0.29, 0.717) is 34.3 Å². The molecule has 2 aromatic rings. The molecule has 0 aliphatic heterocycles. The molecule has 0 saturated heterocycles. The molecule has 0 radical (unpaired) electrons. The van der Waals surface area contributed by atoms with Crippen LogP contribution in [0.15, 0.2) is 28.8 Å². The fourth-order valence-corrected chi connectivity index (χ4v) is 1.92. The van der Waals surface area contributed by atoms with Gasteiger partial charge >= 0.3 is 0 Å². The highest BCUT2D eigenvalue weighted by Crippen LogP contribution is 2.20. The number of aryl methyl sites for hydroxylation is 1. The molecule has 0 aliphatic carbocycles. The van der Waals surface area contributed by atoms with Gasteiger partial charge in [0.2, 0.25) is 0 Å². The van der Waals surface area contributed by atoms with Crippen molar-refractivity contribution in [2.45, 2.75) is 13.5 Å². The van der Waals surface area contributed by atoms with E-state index in [1.165, 1.54) is 4.90 Å². The summed E-state index contributed by atoms with van der Waals surface area (Å²) in [5, 5.41) is 4.22. The molecular weight excluding hydrogens is 266 g/mol. The van der Waals surface area contributed by atoms with E-state index in [9.17, 15) is 4.79 Å². The Balaban J connectivity index is 2.16. The number of aromatic nitrogens is 1. The van der Waals surface area contributed by atoms with E-state index in [1.807, 2.05) is 0 Å². The maximum absolute atomic E-state index is 12.3. The Morgan fingerprint density at radius 1 is 1.47 bits per heavy atom. The summed E-state index contributed by atoms with van der Waals surface area (Å²) >= 11 is 6.01. The number of carbonyl (C=O) groups excluding carboxylic acids is 1. The quantitative estimate of drug-likeness (QED) is 0.876. The number of anilines is 1. The summed E-state index contributed by atoms with van der Waals surface area (Å²) in [5.74, 6) is 0.496. The average molecular weight is 280 g/mol. The first-order valence-corrected chi connectivity index (χ1v) is 6.08. The van der Waals surface area contributed by atoms with Crippen molar-refractivity contribution in [3.8, 4) is 0 Å². The molecule has 0 unspecified atom stereocenters. The summed E-state index contributed by atoms with van der Waals surface area (Å²) < 4.78 is 4.96. The first-order chi connectivity index (χ1) is 8.97. The zero-order valence-electron chi connectivity index (χ0n) is 10.7. The highest BCUT2D eigenvalue weighted by atomic mass is 35.5. The fraction of sp³-hybridized carbons (Fsp3) is 0.231. The van der Waals surface area contributed by atoms with Crippen LogP contribution in [0.4, 0.5) is 5.69 Å². The SMILES string of the molecule is Cc1cc(CN(C)C(=O)c2cc(N)ccc2Cl)no1. The second-order valence-electron chi connectivity index (χ2n) is 4.33. The lowest BCUT2D eigenvalue weighted by Crippen LogP contribution is -2.26. The van der Waals surface area contributed by atoms with Crippen LogP contribution >= 0.6 is 11.6 Å². The van der Waals surface area contributed by atoms with Gasteiger partial charge in [-0.3, -0.25) is 4.79 Å². The number of nitrogens with two attached hydrogens (primary N) is 1. The van der Waals surface area contributed by atoms with E-state index >= 15 is 0 Å². The third-order valence-corrected chi connectivity index (χ3v) is 2.97. The predicted molar refractivity (Wildman–Crippen MR) is 72.9 cm³/mol. The molecule has 0 atom stereocenters. The molecule has 100 valence electrons. The lowest BCUT2D eigenvalue weighted by atomic mass is 10.1. The van der Waals surface area contributed by atoms with E-state index in [1.54, 1.807) is 38.2 Å². The second kappa shape index (κ2) is 5.32. The third kappa shape index (κ3) is 3.06. The molecule has 0 saturated carbocycles. The van der Waals surface area contributed by atoms with E-state index in [2.05, 4.69) is 5.16 Å². The molecular formula is C13H14ClN3O2. The Kier molecular flexibility index (Phi) is 3.76. The number of hydrogen-bond acceptors (Lipinski definition) is 4. The first kappa shape index (κ1) is 13.4.